The van der Waals surface area contributed by atoms with Gasteiger partial charge in [-0.1, -0.05) is 0 Å². The molecule has 6 N–H and O–H groups in total. The van der Waals surface area contributed by atoms with Gasteiger partial charge in [0.25, 0.3) is 0 Å². The molecule has 0 unspecified atom stereocenters. The van der Waals surface area contributed by atoms with Crippen LogP contribution in [0, 0.1) is 0 Å². The summed E-state index contributed by atoms with van der Waals surface area (Å²) in [7, 11) is -12.5. The van der Waals surface area contributed by atoms with E-state index < -0.39 is 28.1 Å². The van der Waals surface area contributed by atoms with E-state index in [-0.39, 0.29) is 72.2 Å². The third-order valence-corrected chi connectivity index (χ3v) is 0. The molecule has 12 nitrogen and oxygen atoms in total. The van der Waals surface area contributed by atoms with Gasteiger partial charge in [-0.15, -0.1) is 0 Å². The fraction of sp³-hybridized carbons (Fsp3) is 0. The largest absolute Gasteiger partial charge is 2.00 e. The fourth-order valence-corrected chi connectivity index (χ4v) is 0. The van der Waals surface area contributed by atoms with E-state index in [0.29, 0.717) is 0 Å². The zero-order valence-corrected chi connectivity index (χ0v) is 16.0. The van der Waals surface area contributed by atoms with Crippen LogP contribution in [0.2, 0.25) is 0 Å². The molecule has 19 heavy (non-hydrogen) atoms. The van der Waals surface area contributed by atoms with Crippen LogP contribution >= 0.6 is 0 Å². The summed E-state index contributed by atoms with van der Waals surface area (Å²) in [5.41, 5.74) is 0. The Kier molecular flexibility index (Phi) is 64.6. The van der Waals surface area contributed by atoms with Crippen molar-refractivity contribution >= 4 is 28.1 Å². The van der Waals surface area contributed by atoms with Gasteiger partial charge in [0.2, 0.25) is 0 Å². The minimum atomic E-state index is -5.17. The maximum absolute atomic E-state index is 8.52. The van der Waals surface area contributed by atoms with E-state index in [1.165, 1.54) is 0 Å². The van der Waals surface area contributed by atoms with Crippen molar-refractivity contribution < 1.29 is 116 Å². The second-order valence-electron chi connectivity index (χ2n) is 1.16. The van der Waals surface area contributed by atoms with Crippen molar-refractivity contribution in [2.45, 2.75) is 0 Å². The molecular formula is H6BClCuMnNO11S2Zn+. The van der Waals surface area contributed by atoms with E-state index in [1.807, 2.05) is 0 Å². The summed E-state index contributed by atoms with van der Waals surface area (Å²) in [5.74, 6) is 0. The molecule has 2 radical (unpaired) electrons. The summed E-state index contributed by atoms with van der Waals surface area (Å²) in [6.45, 7) is 0. The zero-order chi connectivity index (χ0) is 12.6. The van der Waals surface area contributed by atoms with Gasteiger partial charge >= 0.3 is 60.9 Å². The Hall–Kier alpha value is 1.60. The Balaban J connectivity index is -0.0000000141. The average molecular weight is 490 g/mol. The maximum atomic E-state index is 8.52. The van der Waals surface area contributed by atoms with E-state index in [2.05, 4.69) is 0 Å². The number of halogens is 1. The second kappa shape index (κ2) is 24.6. The van der Waals surface area contributed by atoms with Crippen molar-refractivity contribution in [1.29, 1.82) is 0 Å². The Morgan fingerprint density at radius 3 is 0.789 bits per heavy atom. The van der Waals surface area contributed by atoms with Gasteiger partial charge in [0.1, 0.15) is 0 Å². The smallest absolute Gasteiger partial charge is 1.00 e. The Labute approximate surface area is 149 Å². The molecule has 0 aromatic rings. The van der Waals surface area contributed by atoms with Gasteiger partial charge in [-0.25, -0.2) is 0 Å². The monoisotopic (exact) mass is 488 g/mol. The molecule has 0 saturated heterocycles. The van der Waals surface area contributed by atoms with Crippen LogP contribution in [0.5, 0.6) is 0 Å². The van der Waals surface area contributed by atoms with Crippen LogP contribution in [-0.4, -0.2) is 57.4 Å². The molecule has 0 saturated carbocycles. The van der Waals surface area contributed by atoms with Gasteiger partial charge in [0.15, 0.2) is 0 Å². The molecule has 19 heteroatoms. The zero-order valence-electron chi connectivity index (χ0n) is 8.47. The van der Waals surface area contributed by atoms with Crippen LogP contribution in [0.15, 0.2) is 0 Å². The van der Waals surface area contributed by atoms with Crippen LogP contribution in [0.4, 0.5) is 0 Å². The summed E-state index contributed by atoms with van der Waals surface area (Å²) in [6, 6.07) is 0. The topological polar surface area (TPSA) is 256 Å². The van der Waals surface area contributed by atoms with Gasteiger partial charge in [-0.2, -0.15) is 0 Å². The summed E-state index contributed by atoms with van der Waals surface area (Å²) in [4.78, 5) is 0. The molecule has 0 spiro atoms. The minimum Gasteiger partial charge on any atom is -1.00 e. The molecule has 0 heterocycles. The molecule has 0 atom stereocenters. The van der Waals surface area contributed by atoms with E-state index in [0.717, 1.165) is 0 Å². The predicted octanol–water partition coefficient (Wildman–Crippen LogP) is -7.57. The molecule has 0 aromatic heterocycles. The van der Waals surface area contributed by atoms with Crippen molar-refractivity contribution in [3.8, 4) is 0 Å². The van der Waals surface area contributed by atoms with Crippen molar-refractivity contribution in [3.05, 3.63) is 0 Å². The van der Waals surface area contributed by atoms with E-state index in [4.69, 9.17) is 50.1 Å². The first-order chi connectivity index (χ1) is 5.73. The fourth-order valence-electron chi connectivity index (χ4n) is 0. The normalized spacial score (nSPS) is 7.53. The number of hydrogen-bond acceptors (Lipinski definition) is 12. The van der Waals surface area contributed by atoms with Crippen LogP contribution in [-0.2, 0) is 74.4 Å². The van der Waals surface area contributed by atoms with Crippen LogP contribution in [0.25, 0.3) is 0 Å². The maximum Gasteiger partial charge on any atom is 2.00 e. The second-order valence-corrected chi connectivity index (χ2v) is 2.80. The molecule has 0 bridgehead atoms. The molecular weight excluding hydrogens is 484 g/mol. The third kappa shape index (κ3) is 2380. The predicted molar refractivity (Wildman–Crippen MR) is 38.4 cm³/mol. The molecule has 0 aliphatic heterocycles. The number of rotatable bonds is 0. The SMILES string of the molecule is N.O=S(=O)([O-])[O-].O=S(=O)([O-])[O-].OB(O)O.[Cl-].[Cu+2].[Mn+2].[Zn+2]. The molecule has 0 amide bonds. The first-order valence-corrected chi connectivity index (χ1v) is 4.77. The van der Waals surface area contributed by atoms with Crippen LogP contribution < -0.4 is 18.6 Å². The minimum absolute atomic E-state index is 0. The van der Waals surface area contributed by atoms with Crippen LogP contribution in [0.3, 0.4) is 0 Å². The van der Waals surface area contributed by atoms with Gasteiger partial charge in [-0.3, -0.25) is 16.8 Å². The number of hydrogen-bond donors (Lipinski definition) is 4. The summed E-state index contributed by atoms with van der Waals surface area (Å²) in [6.07, 6.45) is 0. The van der Waals surface area contributed by atoms with Crippen molar-refractivity contribution in [2.24, 2.45) is 0 Å². The Morgan fingerprint density at radius 2 is 0.789 bits per heavy atom. The van der Waals surface area contributed by atoms with Crippen LogP contribution in [0.1, 0.15) is 0 Å². The Bertz CT molecular complexity index is 271. The summed E-state index contributed by atoms with van der Waals surface area (Å²) in [5, 5.41) is 21.5. The first-order valence-electron chi connectivity index (χ1n) is 2.11. The Morgan fingerprint density at radius 1 is 0.789 bits per heavy atom. The third-order valence-electron chi connectivity index (χ3n) is 0. The van der Waals surface area contributed by atoms with Crippen molar-refractivity contribution in [3.63, 3.8) is 0 Å². The summed E-state index contributed by atoms with van der Waals surface area (Å²) < 4.78 is 68.2. The molecule has 0 aromatic carbocycles. The first kappa shape index (κ1) is 49.8. The summed E-state index contributed by atoms with van der Waals surface area (Å²) >= 11 is 0. The molecule has 0 aliphatic rings. The van der Waals surface area contributed by atoms with Gasteiger partial charge < -0.3 is 51.8 Å². The van der Waals surface area contributed by atoms with Gasteiger partial charge in [0, 0.05) is 20.8 Å². The van der Waals surface area contributed by atoms with Gasteiger partial charge in [-0.05, 0) is 0 Å². The quantitative estimate of drug-likeness (QED) is 0.140. The van der Waals surface area contributed by atoms with E-state index >= 15 is 0 Å². The van der Waals surface area contributed by atoms with E-state index in [9.17, 15) is 0 Å². The average Bonchev–Trinajstić information content (AvgIpc) is 1.45. The molecule has 118 valence electrons. The van der Waals surface area contributed by atoms with Crippen molar-refractivity contribution in [1.82, 2.24) is 6.15 Å². The molecule has 0 aliphatic carbocycles. The standard InChI is InChI=1S/BH3O3.ClH.Cu.Mn.H3N.2H2O4S.Zn/c2-1(3)4;;;;;2*1-5(2,3)4;/h2-4H;1H;;;1H3;2*(H2,1,2,3,4);/q;;2*+2;;;;+2/p-5. The van der Waals surface area contributed by atoms with Gasteiger partial charge in [0.05, 0.1) is 0 Å². The molecule has 0 rings (SSSR count). The van der Waals surface area contributed by atoms with E-state index in [1.54, 1.807) is 0 Å². The molecule has 0 fully saturated rings. The van der Waals surface area contributed by atoms with Crippen molar-refractivity contribution in [2.75, 3.05) is 0 Å².